The lowest BCUT2D eigenvalue weighted by Gasteiger charge is -2.25. The molecule has 24 heavy (non-hydrogen) atoms. The predicted molar refractivity (Wildman–Crippen MR) is 96.8 cm³/mol. The maximum Gasteiger partial charge on any atom is 0.312 e. The van der Waals surface area contributed by atoms with Crippen molar-refractivity contribution in [2.75, 3.05) is 6.54 Å². The zero-order valence-corrected chi connectivity index (χ0v) is 14.8. The van der Waals surface area contributed by atoms with Gasteiger partial charge in [0.1, 0.15) is 6.04 Å². The SMILES string of the molecule is Cc1ccc(CN(CCc2ccccc2)C(=O)[C@@H](C)NC(N)=O)s1. The highest BCUT2D eigenvalue weighted by molar-refractivity contribution is 7.11. The van der Waals surface area contributed by atoms with Gasteiger partial charge in [0.05, 0.1) is 6.54 Å². The number of carbonyl (C=O) groups is 2. The molecule has 0 spiro atoms. The molecule has 0 saturated heterocycles. The van der Waals surface area contributed by atoms with E-state index in [4.69, 9.17) is 5.73 Å². The second-order valence-corrected chi connectivity index (χ2v) is 7.11. The highest BCUT2D eigenvalue weighted by Gasteiger charge is 2.22. The van der Waals surface area contributed by atoms with Crippen LogP contribution in [0.3, 0.4) is 0 Å². The van der Waals surface area contributed by atoms with Crippen LogP contribution in [0.25, 0.3) is 0 Å². The van der Waals surface area contributed by atoms with E-state index in [9.17, 15) is 9.59 Å². The number of aryl methyl sites for hydroxylation is 1. The fourth-order valence-corrected chi connectivity index (χ4v) is 3.39. The summed E-state index contributed by atoms with van der Waals surface area (Å²) in [5, 5.41) is 2.46. The molecule has 0 aliphatic carbocycles. The van der Waals surface area contributed by atoms with Crippen LogP contribution in [-0.2, 0) is 17.8 Å². The fourth-order valence-electron chi connectivity index (χ4n) is 2.48. The second-order valence-electron chi connectivity index (χ2n) is 5.74. The van der Waals surface area contributed by atoms with Crippen molar-refractivity contribution in [2.45, 2.75) is 32.9 Å². The van der Waals surface area contributed by atoms with E-state index in [0.717, 1.165) is 11.3 Å². The summed E-state index contributed by atoms with van der Waals surface area (Å²) >= 11 is 1.67. The van der Waals surface area contributed by atoms with E-state index in [-0.39, 0.29) is 5.91 Å². The maximum atomic E-state index is 12.7. The van der Waals surface area contributed by atoms with Crippen LogP contribution in [0.5, 0.6) is 0 Å². The van der Waals surface area contributed by atoms with Crippen molar-refractivity contribution in [1.29, 1.82) is 0 Å². The standard InChI is InChI=1S/C18H23N3O2S/c1-13-8-9-16(24-13)12-21(17(22)14(2)20-18(19)23)11-10-15-6-4-3-5-7-15/h3-9,14H,10-12H2,1-2H3,(H3,19,20,23)/t14-/m1/s1. The first-order valence-electron chi connectivity index (χ1n) is 7.89. The van der Waals surface area contributed by atoms with E-state index in [1.807, 2.05) is 49.4 Å². The average molecular weight is 345 g/mol. The van der Waals surface area contributed by atoms with E-state index in [1.165, 1.54) is 10.4 Å². The first-order chi connectivity index (χ1) is 11.5. The van der Waals surface area contributed by atoms with Gasteiger partial charge in [-0.3, -0.25) is 4.79 Å². The monoisotopic (exact) mass is 345 g/mol. The van der Waals surface area contributed by atoms with E-state index < -0.39 is 12.1 Å². The zero-order chi connectivity index (χ0) is 17.5. The summed E-state index contributed by atoms with van der Waals surface area (Å²) in [5.41, 5.74) is 6.31. The number of rotatable bonds is 7. The van der Waals surface area contributed by atoms with Gasteiger partial charge in [0.2, 0.25) is 5.91 Å². The second kappa shape index (κ2) is 8.49. The summed E-state index contributed by atoms with van der Waals surface area (Å²) < 4.78 is 0. The molecule has 0 aliphatic rings. The van der Waals surface area contributed by atoms with Gasteiger partial charge in [-0.2, -0.15) is 0 Å². The molecule has 128 valence electrons. The number of nitrogens with zero attached hydrogens (tertiary/aromatic N) is 1. The molecule has 0 saturated carbocycles. The van der Waals surface area contributed by atoms with Gasteiger partial charge in [-0.1, -0.05) is 30.3 Å². The van der Waals surface area contributed by atoms with Crippen LogP contribution in [0.1, 0.15) is 22.2 Å². The van der Waals surface area contributed by atoms with Crippen LogP contribution < -0.4 is 11.1 Å². The van der Waals surface area contributed by atoms with Gasteiger partial charge in [0.15, 0.2) is 0 Å². The highest BCUT2D eigenvalue weighted by Crippen LogP contribution is 2.18. The summed E-state index contributed by atoms with van der Waals surface area (Å²) in [6.07, 6.45) is 0.764. The Bertz CT molecular complexity index is 685. The summed E-state index contributed by atoms with van der Waals surface area (Å²) in [4.78, 5) is 27.8. The van der Waals surface area contributed by atoms with Crippen molar-refractivity contribution in [2.24, 2.45) is 5.73 Å². The van der Waals surface area contributed by atoms with Crippen LogP contribution in [0.15, 0.2) is 42.5 Å². The lowest BCUT2D eigenvalue weighted by molar-refractivity contribution is -0.133. The van der Waals surface area contributed by atoms with Crippen molar-refractivity contribution in [3.63, 3.8) is 0 Å². The van der Waals surface area contributed by atoms with Crippen molar-refractivity contribution >= 4 is 23.3 Å². The first-order valence-corrected chi connectivity index (χ1v) is 8.71. The number of hydrogen-bond acceptors (Lipinski definition) is 3. The molecule has 3 amide bonds. The molecule has 6 heteroatoms. The third-order valence-corrected chi connectivity index (χ3v) is 4.68. The van der Waals surface area contributed by atoms with Gasteiger partial charge >= 0.3 is 6.03 Å². The molecule has 2 aromatic rings. The van der Waals surface area contributed by atoms with Crippen LogP contribution in [0.4, 0.5) is 4.79 Å². The molecule has 0 radical (unpaired) electrons. The number of amides is 3. The molecule has 1 heterocycles. The summed E-state index contributed by atoms with van der Waals surface area (Å²) in [5.74, 6) is -0.129. The number of thiophene rings is 1. The molecule has 1 aromatic heterocycles. The van der Waals surface area contributed by atoms with Gasteiger partial charge in [-0.05, 0) is 38.0 Å². The summed E-state index contributed by atoms with van der Waals surface area (Å²) in [6, 6.07) is 12.8. The van der Waals surface area contributed by atoms with Crippen molar-refractivity contribution in [3.05, 3.63) is 57.8 Å². The normalized spacial score (nSPS) is 11.8. The van der Waals surface area contributed by atoms with Gasteiger partial charge in [-0.15, -0.1) is 11.3 Å². The van der Waals surface area contributed by atoms with Gasteiger partial charge in [-0.25, -0.2) is 4.79 Å². The highest BCUT2D eigenvalue weighted by atomic mass is 32.1. The number of primary amides is 1. The number of nitrogens with one attached hydrogen (secondary N) is 1. The van der Waals surface area contributed by atoms with Crippen LogP contribution in [0.2, 0.25) is 0 Å². The van der Waals surface area contributed by atoms with Crippen molar-refractivity contribution < 1.29 is 9.59 Å². The van der Waals surface area contributed by atoms with Crippen molar-refractivity contribution in [1.82, 2.24) is 10.2 Å². The molecular formula is C18H23N3O2S. The number of benzene rings is 1. The lowest BCUT2D eigenvalue weighted by atomic mass is 10.1. The van der Waals surface area contributed by atoms with E-state index >= 15 is 0 Å². The Kier molecular flexibility index (Phi) is 6.37. The Morgan fingerprint density at radius 2 is 1.92 bits per heavy atom. The molecule has 3 N–H and O–H groups in total. The molecule has 0 fully saturated rings. The third kappa shape index (κ3) is 5.38. The number of carbonyl (C=O) groups excluding carboxylic acids is 2. The largest absolute Gasteiger partial charge is 0.352 e. The molecule has 1 atom stereocenters. The topological polar surface area (TPSA) is 75.4 Å². The maximum absolute atomic E-state index is 12.7. The van der Waals surface area contributed by atoms with Crippen molar-refractivity contribution in [3.8, 4) is 0 Å². The fraction of sp³-hybridized carbons (Fsp3) is 0.333. The quantitative estimate of drug-likeness (QED) is 0.809. The molecule has 2 rings (SSSR count). The summed E-state index contributed by atoms with van der Waals surface area (Å²) in [6.45, 7) is 4.82. The Balaban J connectivity index is 2.07. The van der Waals surface area contributed by atoms with Crippen LogP contribution in [-0.4, -0.2) is 29.4 Å². The Morgan fingerprint density at radius 1 is 1.21 bits per heavy atom. The zero-order valence-electron chi connectivity index (χ0n) is 14.0. The van der Waals surface area contributed by atoms with Gasteiger partial charge < -0.3 is 16.0 Å². The Labute approximate surface area is 146 Å². The lowest BCUT2D eigenvalue weighted by Crippen LogP contribution is -2.48. The minimum Gasteiger partial charge on any atom is -0.352 e. The predicted octanol–water partition coefficient (Wildman–Crippen LogP) is 2.68. The molecule has 0 bridgehead atoms. The van der Waals surface area contributed by atoms with Crippen LogP contribution in [0, 0.1) is 6.92 Å². The molecule has 0 unspecified atom stereocenters. The smallest absolute Gasteiger partial charge is 0.312 e. The molecular weight excluding hydrogens is 322 g/mol. The molecule has 5 nitrogen and oxygen atoms in total. The minimum atomic E-state index is -0.689. The molecule has 1 aromatic carbocycles. The molecule has 0 aliphatic heterocycles. The first kappa shape index (κ1) is 18.0. The number of nitrogens with two attached hydrogens (primary N) is 1. The number of urea groups is 1. The van der Waals surface area contributed by atoms with E-state index in [1.54, 1.807) is 23.2 Å². The summed E-state index contributed by atoms with van der Waals surface area (Å²) in [7, 11) is 0. The van der Waals surface area contributed by atoms with E-state index in [0.29, 0.717) is 13.1 Å². The van der Waals surface area contributed by atoms with Crippen LogP contribution >= 0.6 is 11.3 Å². The average Bonchev–Trinajstić information content (AvgIpc) is 2.96. The third-order valence-electron chi connectivity index (χ3n) is 3.70. The van der Waals surface area contributed by atoms with E-state index in [2.05, 4.69) is 5.32 Å². The minimum absolute atomic E-state index is 0.129. The Hall–Kier alpha value is -2.34. The van der Waals surface area contributed by atoms with Gasteiger partial charge in [0.25, 0.3) is 0 Å². The Morgan fingerprint density at radius 3 is 2.50 bits per heavy atom. The van der Waals surface area contributed by atoms with Gasteiger partial charge in [0, 0.05) is 16.3 Å². The number of hydrogen-bond donors (Lipinski definition) is 2.